The number of carbonyl (C=O) groups excluding carboxylic acids is 5. The van der Waals surface area contributed by atoms with Crippen LogP contribution in [-0.4, -0.2) is 102 Å². The maximum Gasteiger partial charge on any atom is 0.235 e. The molecule has 5 aromatic carbocycles. The lowest BCUT2D eigenvalue weighted by Crippen LogP contribution is -2.21. The highest BCUT2D eigenvalue weighted by molar-refractivity contribution is 7.94. The molecule has 0 radical (unpaired) electrons. The Bertz CT molecular complexity index is 3810. The first-order valence-electron chi connectivity index (χ1n) is 23.1. The van der Waals surface area contributed by atoms with E-state index in [0.717, 1.165) is 66.9 Å². The van der Waals surface area contributed by atoms with E-state index in [0.29, 0.717) is 19.3 Å². The molecule has 84 heavy (non-hydrogen) atoms. The molecule has 0 amide bonds. The van der Waals surface area contributed by atoms with Crippen LogP contribution in [0.1, 0.15) is 106 Å². The molecule has 0 aromatic heterocycles. The molecule has 20 nitrogen and oxygen atoms in total. The number of rotatable bonds is 21. The van der Waals surface area contributed by atoms with Gasteiger partial charge in [0.25, 0.3) is 0 Å². The Morgan fingerprint density at radius 1 is 0.429 bits per heavy atom. The summed E-state index contributed by atoms with van der Waals surface area (Å²) in [5.74, 6) is -12.0. The fourth-order valence-corrected chi connectivity index (χ4v) is 11.1. The fourth-order valence-electron chi connectivity index (χ4n) is 5.97. The molecule has 464 valence electrons. The Morgan fingerprint density at radius 3 is 0.929 bits per heavy atom. The summed E-state index contributed by atoms with van der Waals surface area (Å²) >= 11 is 0. The number of aldehydes is 5. The predicted molar refractivity (Wildman–Crippen MR) is 293 cm³/mol. The van der Waals surface area contributed by atoms with Gasteiger partial charge in [-0.3, -0.25) is 47.6 Å². The van der Waals surface area contributed by atoms with Crippen LogP contribution in [0.15, 0.2) is 60.7 Å². The number of nitrogens with one attached hydrogen (secondary N) is 5. The van der Waals surface area contributed by atoms with Crippen molar-refractivity contribution in [1.82, 2.24) is 0 Å². The smallest absolute Gasteiger partial charge is 0.235 e. The van der Waals surface area contributed by atoms with Crippen molar-refractivity contribution in [2.75, 3.05) is 47.1 Å². The van der Waals surface area contributed by atoms with Crippen LogP contribution in [0.25, 0.3) is 0 Å². The van der Waals surface area contributed by atoms with Crippen molar-refractivity contribution < 1.29 is 110 Å². The van der Waals surface area contributed by atoms with Crippen molar-refractivity contribution in [2.45, 2.75) is 59.6 Å². The van der Waals surface area contributed by atoms with E-state index in [1.54, 1.807) is 20.8 Å². The highest BCUT2D eigenvalue weighted by atomic mass is 32.2. The lowest BCUT2D eigenvalue weighted by Gasteiger charge is -2.11. The largest absolute Gasteiger partial charge is 0.298 e. The van der Waals surface area contributed by atoms with Crippen molar-refractivity contribution in [3.05, 3.63) is 147 Å². The van der Waals surface area contributed by atoms with Crippen LogP contribution in [0.5, 0.6) is 0 Å². The Morgan fingerprint density at radius 2 is 0.690 bits per heavy atom. The zero-order valence-electron chi connectivity index (χ0n) is 43.5. The number of halogens is 10. The van der Waals surface area contributed by atoms with Crippen LogP contribution in [-0.2, 0) is 50.1 Å². The van der Waals surface area contributed by atoms with Gasteiger partial charge >= 0.3 is 0 Å². The molecule has 0 aliphatic heterocycles. The highest BCUT2D eigenvalue weighted by Gasteiger charge is 2.36. The second-order valence-electron chi connectivity index (χ2n) is 17.1. The summed E-state index contributed by atoms with van der Waals surface area (Å²) in [6.07, 6.45) is 2.23. The summed E-state index contributed by atoms with van der Waals surface area (Å²) in [4.78, 5) is 52.1. The van der Waals surface area contributed by atoms with E-state index in [1.807, 2.05) is 23.6 Å². The van der Waals surface area contributed by atoms with Gasteiger partial charge in [0, 0.05) is 0 Å². The van der Waals surface area contributed by atoms with Gasteiger partial charge < -0.3 is 0 Å². The first-order valence-corrected chi connectivity index (χ1v) is 31.5. The van der Waals surface area contributed by atoms with Gasteiger partial charge in [-0.15, -0.1) is 0 Å². The quantitative estimate of drug-likeness (QED) is 0.0338. The van der Waals surface area contributed by atoms with Crippen LogP contribution in [0.4, 0.5) is 72.3 Å². The number of anilines is 5. The molecule has 0 bridgehead atoms. The standard InChI is InChI=1S/C11H13F2NO3S.C10H9F2NO3S.C10H11F2NO3S.C9H9F2NO3S.C8H7F2NO3S.CH4/c1-7(2)6-18(16,17)14-10-4-3-9(12)8(5-15)11(10)13;11-8-3-4-9(10(12)7(8)5-14)13-17(15,16)6-1-2-6;1-2-5-17(15,16)13-9-4-3-8(11)7(6-14)10(9)12;1-2-16(14,15)12-8-4-3-7(10)6(5-13)9(8)11;1-15(13,14)11-7-3-2-6(9)5(4-12)8(7)10;/h3-5,7,14H,6H2,1-2H3;3-6,13H,1-2H2;3-4,6,13H,2,5H2,1H3;3-5,12H,2H2,1H3;2-4,11H,1H3;1H4. The van der Waals surface area contributed by atoms with E-state index in [2.05, 4.69) is 0 Å². The highest BCUT2D eigenvalue weighted by Crippen LogP contribution is 2.31. The maximum absolute atomic E-state index is 13.6. The second kappa shape index (κ2) is 32.0. The molecule has 0 atom stereocenters. The second-order valence-corrected chi connectivity index (χ2v) is 26.5. The Labute approximate surface area is 477 Å². The average Bonchev–Trinajstić information content (AvgIpc) is 4.34. The van der Waals surface area contributed by atoms with E-state index >= 15 is 0 Å². The van der Waals surface area contributed by atoms with Gasteiger partial charge in [-0.2, -0.15) is 0 Å². The van der Waals surface area contributed by atoms with Crippen molar-refractivity contribution in [1.29, 1.82) is 0 Å². The summed E-state index contributed by atoms with van der Waals surface area (Å²) < 4.78 is 255. The molecule has 0 spiro atoms. The van der Waals surface area contributed by atoms with Crippen molar-refractivity contribution in [3.8, 4) is 0 Å². The minimum Gasteiger partial charge on any atom is -0.298 e. The molecule has 0 heterocycles. The Balaban J connectivity index is 0.000000524. The fraction of sp³-hybridized carbons (Fsp3) is 0.286. The first kappa shape index (κ1) is 74.5. The molecule has 1 aliphatic rings. The van der Waals surface area contributed by atoms with E-state index in [9.17, 15) is 110 Å². The molecular formula is C49H53F10N5O15S5. The van der Waals surface area contributed by atoms with Gasteiger partial charge in [0.2, 0.25) is 50.1 Å². The third-order valence-corrected chi connectivity index (χ3v) is 16.8. The molecule has 1 saturated carbocycles. The van der Waals surface area contributed by atoms with Crippen LogP contribution < -0.4 is 23.6 Å². The molecule has 0 unspecified atom stereocenters. The molecule has 35 heteroatoms. The third kappa shape index (κ3) is 22.6. The summed E-state index contributed by atoms with van der Waals surface area (Å²) in [6, 6.07) is 8.79. The van der Waals surface area contributed by atoms with E-state index in [-0.39, 0.29) is 62.0 Å². The number of hydrogen-bond acceptors (Lipinski definition) is 15. The number of hydrogen-bond donors (Lipinski definition) is 5. The third-order valence-electron chi connectivity index (χ3n) is 9.93. The van der Waals surface area contributed by atoms with Crippen molar-refractivity contribution in [3.63, 3.8) is 0 Å². The predicted octanol–water partition coefficient (Wildman–Crippen LogP) is 9.11. The minimum absolute atomic E-state index is 0. The van der Waals surface area contributed by atoms with E-state index in [4.69, 9.17) is 0 Å². The van der Waals surface area contributed by atoms with Crippen LogP contribution in [0, 0.1) is 64.1 Å². The number of benzene rings is 5. The summed E-state index contributed by atoms with van der Waals surface area (Å²) in [6.45, 7) is 6.40. The van der Waals surface area contributed by atoms with Gasteiger partial charge in [0.15, 0.2) is 60.5 Å². The molecule has 1 fully saturated rings. The SMILES string of the molecule is C.CC(C)CS(=O)(=O)Nc1ccc(F)c(C=O)c1F.CCCS(=O)(=O)Nc1ccc(F)c(C=O)c1F.CCS(=O)(=O)Nc1ccc(F)c(C=O)c1F.CS(=O)(=O)Nc1ccc(F)c(C=O)c1F.O=Cc1c(F)ccc(NS(=O)(=O)C2CC2)c1F. The Kier molecular flexibility index (Phi) is 28.4. The van der Waals surface area contributed by atoms with Gasteiger partial charge in [0.05, 0.1) is 85.0 Å². The lowest BCUT2D eigenvalue weighted by molar-refractivity contribution is 0.110. The molecule has 6 rings (SSSR count). The average molecular weight is 1300 g/mol. The monoisotopic (exact) mass is 1300 g/mol. The molecule has 5 aromatic rings. The number of sulfonamides is 5. The Hall–Kier alpha value is -7.50. The van der Waals surface area contributed by atoms with Crippen molar-refractivity contribution >= 4 is 110 Å². The van der Waals surface area contributed by atoms with Crippen LogP contribution in [0.2, 0.25) is 0 Å². The maximum atomic E-state index is 13.6. The van der Waals surface area contributed by atoms with Gasteiger partial charge in [0.1, 0.15) is 29.1 Å². The molecule has 1 aliphatic carbocycles. The summed E-state index contributed by atoms with van der Waals surface area (Å²) in [5, 5.41) is -0.522. The minimum atomic E-state index is -3.72. The normalized spacial score (nSPS) is 12.0. The van der Waals surface area contributed by atoms with Crippen molar-refractivity contribution in [2.24, 2.45) is 5.92 Å². The van der Waals surface area contributed by atoms with Gasteiger partial charge in [-0.1, -0.05) is 28.2 Å². The molecule has 5 N–H and O–H groups in total. The molecular weight excluding hydrogens is 1250 g/mol. The van der Waals surface area contributed by atoms with Gasteiger partial charge in [-0.05, 0) is 92.8 Å². The molecule has 0 saturated heterocycles. The summed E-state index contributed by atoms with van der Waals surface area (Å²) in [7, 11) is -18.4. The number of carbonyl (C=O) groups is 5. The van der Waals surface area contributed by atoms with Crippen LogP contribution >= 0.6 is 0 Å². The topological polar surface area (TPSA) is 316 Å². The lowest BCUT2D eigenvalue weighted by atomic mass is 10.2. The van der Waals surface area contributed by atoms with Crippen LogP contribution in [0.3, 0.4) is 0 Å². The zero-order chi connectivity index (χ0) is 63.6. The van der Waals surface area contributed by atoms with E-state index in [1.165, 1.54) is 6.92 Å². The zero-order valence-corrected chi connectivity index (χ0v) is 47.6. The van der Waals surface area contributed by atoms with Gasteiger partial charge in [-0.25, -0.2) is 86.0 Å². The first-order chi connectivity index (χ1) is 38.4. The van der Waals surface area contributed by atoms with E-state index < -0.39 is 170 Å². The summed E-state index contributed by atoms with van der Waals surface area (Å²) in [5.41, 5.74) is -6.12.